The van der Waals surface area contributed by atoms with Crippen LogP contribution in [0.1, 0.15) is 15.9 Å². The molecule has 3 aromatic rings. The quantitative estimate of drug-likeness (QED) is 0.560. The van der Waals surface area contributed by atoms with E-state index in [1.807, 2.05) is 42.5 Å². The molecule has 0 fully saturated rings. The monoisotopic (exact) mass is 308 g/mol. The summed E-state index contributed by atoms with van der Waals surface area (Å²) in [6, 6.07) is 17.8. The second kappa shape index (κ2) is 6.54. The maximum atomic E-state index is 12.4. The molecule has 0 saturated heterocycles. The van der Waals surface area contributed by atoms with Crippen molar-refractivity contribution in [2.75, 3.05) is 6.54 Å². The highest BCUT2D eigenvalue weighted by atomic mass is 32.1. The molecule has 0 atom stereocenters. The summed E-state index contributed by atoms with van der Waals surface area (Å²) in [6.07, 6.45) is 2.56. The van der Waals surface area contributed by atoms with Crippen LogP contribution in [0, 0.1) is 0 Å². The van der Waals surface area contributed by atoms with Crippen LogP contribution >= 0.6 is 12.2 Å². The number of carbonyl (C=O) groups excluding carboxylic acids is 1. The van der Waals surface area contributed by atoms with E-state index >= 15 is 0 Å². The molecule has 1 heterocycles. The summed E-state index contributed by atoms with van der Waals surface area (Å²) in [5.74, 6) is -0.138. The van der Waals surface area contributed by atoms with E-state index in [2.05, 4.69) is 22.4 Å². The summed E-state index contributed by atoms with van der Waals surface area (Å²) in [7, 11) is 0. The molecule has 1 aromatic heterocycles. The molecule has 0 radical (unpaired) electrons. The number of H-pyrrole nitrogens is 1. The molecule has 0 amide bonds. The molecular formula is C18H16N2OS. The molecule has 110 valence electrons. The summed E-state index contributed by atoms with van der Waals surface area (Å²) in [5, 5.41) is 3.95. The fraction of sp³-hybridized carbons (Fsp3) is 0.111. The van der Waals surface area contributed by atoms with Gasteiger partial charge in [0, 0.05) is 23.6 Å². The van der Waals surface area contributed by atoms with Crippen LogP contribution in [0.3, 0.4) is 0 Å². The Morgan fingerprint density at radius 1 is 1.05 bits per heavy atom. The Kier molecular flexibility index (Phi) is 4.30. The molecule has 0 spiro atoms. The van der Waals surface area contributed by atoms with Gasteiger partial charge in [-0.25, -0.2) is 0 Å². The molecule has 22 heavy (non-hydrogen) atoms. The summed E-state index contributed by atoms with van der Waals surface area (Å²) in [4.78, 5) is 15.8. The number of aromatic amines is 1. The van der Waals surface area contributed by atoms with Gasteiger partial charge < -0.3 is 10.3 Å². The predicted octanol–water partition coefficient (Wildman–Crippen LogP) is 3.51. The van der Waals surface area contributed by atoms with E-state index in [1.165, 1.54) is 5.56 Å². The number of para-hydroxylation sites is 1. The lowest BCUT2D eigenvalue weighted by atomic mass is 10.1. The number of hydrogen-bond donors (Lipinski definition) is 2. The number of rotatable bonds is 5. The molecule has 3 nitrogen and oxygen atoms in total. The van der Waals surface area contributed by atoms with Crippen molar-refractivity contribution in [3.05, 3.63) is 71.9 Å². The number of hydrogen-bond acceptors (Lipinski definition) is 2. The summed E-state index contributed by atoms with van der Waals surface area (Å²) in [5.41, 5.74) is 2.78. The highest BCUT2D eigenvalue weighted by Crippen LogP contribution is 2.18. The molecule has 2 aromatic carbocycles. The minimum atomic E-state index is -0.138. The molecular weight excluding hydrogens is 292 g/mol. The van der Waals surface area contributed by atoms with Gasteiger partial charge in [0.05, 0.1) is 5.56 Å². The highest BCUT2D eigenvalue weighted by Gasteiger charge is 2.15. The van der Waals surface area contributed by atoms with Crippen LogP contribution in [-0.2, 0) is 6.42 Å². The number of carbonyl (C=O) groups is 1. The highest BCUT2D eigenvalue weighted by molar-refractivity contribution is 7.82. The van der Waals surface area contributed by atoms with Crippen molar-refractivity contribution >= 4 is 33.9 Å². The first-order chi connectivity index (χ1) is 10.8. The van der Waals surface area contributed by atoms with Crippen LogP contribution in [-0.4, -0.2) is 22.3 Å². The lowest BCUT2D eigenvalue weighted by Gasteiger charge is -2.06. The van der Waals surface area contributed by atoms with Gasteiger partial charge in [-0.2, -0.15) is 0 Å². The Hall–Kier alpha value is -2.46. The van der Waals surface area contributed by atoms with E-state index in [-0.39, 0.29) is 10.8 Å². The number of benzene rings is 2. The zero-order chi connectivity index (χ0) is 15.4. The van der Waals surface area contributed by atoms with Crippen LogP contribution in [0.5, 0.6) is 0 Å². The van der Waals surface area contributed by atoms with Crippen molar-refractivity contribution in [2.45, 2.75) is 6.42 Å². The SMILES string of the molecule is O=C(C(=S)NCCc1ccccc1)c1c[nH]c2ccccc12. The smallest absolute Gasteiger partial charge is 0.222 e. The van der Waals surface area contributed by atoms with Gasteiger partial charge in [0.1, 0.15) is 4.99 Å². The van der Waals surface area contributed by atoms with Gasteiger partial charge in [0.2, 0.25) is 5.78 Å². The second-order valence-electron chi connectivity index (χ2n) is 5.07. The van der Waals surface area contributed by atoms with Crippen LogP contribution in [0.4, 0.5) is 0 Å². The van der Waals surface area contributed by atoms with E-state index in [4.69, 9.17) is 12.2 Å². The molecule has 0 saturated carbocycles. The second-order valence-corrected chi connectivity index (χ2v) is 5.48. The first-order valence-electron chi connectivity index (χ1n) is 7.18. The fourth-order valence-electron chi connectivity index (χ4n) is 2.43. The molecule has 0 aliphatic heterocycles. The van der Waals surface area contributed by atoms with E-state index in [0.717, 1.165) is 17.3 Å². The lowest BCUT2D eigenvalue weighted by Crippen LogP contribution is -2.30. The fourth-order valence-corrected chi connectivity index (χ4v) is 2.64. The van der Waals surface area contributed by atoms with Crippen molar-refractivity contribution in [1.29, 1.82) is 0 Å². The third-order valence-corrected chi connectivity index (χ3v) is 3.91. The maximum absolute atomic E-state index is 12.4. The Labute approximate surface area is 134 Å². The molecule has 4 heteroatoms. The predicted molar refractivity (Wildman–Crippen MR) is 93.4 cm³/mol. The van der Waals surface area contributed by atoms with Crippen molar-refractivity contribution in [3.63, 3.8) is 0 Å². The first-order valence-corrected chi connectivity index (χ1v) is 7.59. The Bertz CT molecular complexity index is 808. The number of fused-ring (bicyclic) bond motifs is 1. The van der Waals surface area contributed by atoms with Crippen LogP contribution < -0.4 is 5.32 Å². The Balaban J connectivity index is 1.64. The molecule has 3 rings (SSSR count). The van der Waals surface area contributed by atoms with E-state index in [0.29, 0.717) is 12.1 Å². The minimum Gasteiger partial charge on any atom is -0.373 e. The Morgan fingerprint density at radius 3 is 2.59 bits per heavy atom. The third kappa shape index (κ3) is 3.07. The summed E-state index contributed by atoms with van der Waals surface area (Å²) < 4.78 is 0. The topological polar surface area (TPSA) is 44.9 Å². The number of ketones is 1. The average molecular weight is 308 g/mol. The molecule has 0 unspecified atom stereocenters. The summed E-state index contributed by atoms with van der Waals surface area (Å²) >= 11 is 5.23. The zero-order valence-electron chi connectivity index (χ0n) is 12.0. The van der Waals surface area contributed by atoms with Crippen LogP contribution in [0.15, 0.2) is 60.8 Å². The lowest BCUT2D eigenvalue weighted by molar-refractivity contribution is 0.106. The molecule has 0 bridgehead atoms. The average Bonchev–Trinajstić information content (AvgIpc) is 2.99. The number of aromatic nitrogens is 1. The summed E-state index contributed by atoms with van der Waals surface area (Å²) in [6.45, 7) is 0.650. The van der Waals surface area contributed by atoms with Gasteiger partial charge in [-0.3, -0.25) is 4.79 Å². The molecule has 0 aliphatic carbocycles. The van der Waals surface area contributed by atoms with E-state index in [9.17, 15) is 4.79 Å². The van der Waals surface area contributed by atoms with Crippen molar-refractivity contribution in [1.82, 2.24) is 10.3 Å². The number of thiocarbonyl (C=S) groups is 1. The molecule has 2 N–H and O–H groups in total. The van der Waals surface area contributed by atoms with Gasteiger partial charge in [-0.05, 0) is 18.1 Å². The maximum Gasteiger partial charge on any atom is 0.222 e. The van der Waals surface area contributed by atoms with Gasteiger partial charge in [-0.1, -0.05) is 60.7 Å². The van der Waals surface area contributed by atoms with Crippen molar-refractivity contribution in [3.8, 4) is 0 Å². The Morgan fingerprint density at radius 2 is 1.77 bits per heavy atom. The number of Topliss-reactive ketones (excluding diaryl/α,β-unsaturated/α-hetero) is 1. The third-order valence-electron chi connectivity index (χ3n) is 3.58. The molecule has 0 aliphatic rings. The largest absolute Gasteiger partial charge is 0.373 e. The van der Waals surface area contributed by atoms with Crippen LogP contribution in [0.2, 0.25) is 0 Å². The van der Waals surface area contributed by atoms with Gasteiger partial charge in [0.25, 0.3) is 0 Å². The van der Waals surface area contributed by atoms with Gasteiger partial charge in [-0.15, -0.1) is 0 Å². The normalized spacial score (nSPS) is 10.5. The van der Waals surface area contributed by atoms with Gasteiger partial charge >= 0.3 is 0 Å². The van der Waals surface area contributed by atoms with E-state index < -0.39 is 0 Å². The number of nitrogens with one attached hydrogen (secondary N) is 2. The standard InChI is InChI=1S/C18H16N2OS/c21-17(15-12-20-16-9-5-4-8-14(15)16)18(22)19-11-10-13-6-2-1-3-7-13/h1-9,12,20H,10-11H2,(H,19,22). The van der Waals surface area contributed by atoms with E-state index in [1.54, 1.807) is 6.20 Å². The van der Waals surface area contributed by atoms with Crippen molar-refractivity contribution < 1.29 is 4.79 Å². The minimum absolute atomic E-state index is 0.138. The first kappa shape index (κ1) is 14.5. The van der Waals surface area contributed by atoms with Crippen molar-refractivity contribution in [2.24, 2.45) is 0 Å². The zero-order valence-corrected chi connectivity index (χ0v) is 12.8. The van der Waals surface area contributed by atoms with Gasteiger partial charge in [0.15, 0.2) is 0 Å². The van der Waals surface area contributed by atoms with Crippen LogP contribution in [0.25, 0.3) is 10.9 Å².